The first kappa shape index (κ1) is 17.7. The molecule has 0 aliphatic heterocycles. The zero-order valence-electron chi connectivity index (χ0n) is 14.7. The van der Waals surface area contributed by atoms with Crippen molar-refractivity contribution in [1.82, 2.24) is 14.6 Å². The van der Waals surface area contributed by atoms with Gasteiger partial charge in [-0.15, -0.1) is 16.4 Å². The summed E-state index contributed by atoms with van der Waals surface area (Å²) in [6, 6.07) is 10.9. The number of fused-ring (bicyclic) bond motifs is 1. The van der Waals surface area contributed by atoms with Crippen LogP contribution in [0.15, 0.2) is 58.5 Å². The quantitative estimate of drug-likeness (QED) is 0.504. The van der Waals surface area contributed by atoms with Crippen LogP contribution in [0.4, 0.5) is 11.6 Å². The summed E-state index contributed by atoms with van der Waals surface area (Å²) in [4.78, 5) is 28.1. The highest BCUT2D eigenvalue weighted by Gasteiger charge is 2.12. The maximum absolute atomic E-state index is 12.0. The van der Waals surface area contributed by atoms with E-state index in [-0.39, 0.29) is 17.8 Å². The molecular weight excluding hydrogens is 378 g/mol. The van der Waals surface area contributed by atoms with Gasteiger partial charge in [0.25, 0.3) is 11.9 Å². The molecule has 0 saturated heterocycles. The molecule has 2 N–H and O–H groups in total. The van der Waals surface area contributed by atoms with Crippen LogP contribution in [0.2, 0.25) is 0 Å². The second-order valence-corrected chi connectivity index (χ2v) is 6.68. The molecule has 0 bridgehead atoms. The van der Waals surface area contributed by atoms with E-state index in [4.69, 9.17) is 4.42 Å². The third kappa shape index (κ3) is 3.84. The Kier molecular flexibility index (Phi) is 4.73. The van der Waals surface area contributed by atoms with Crippen LogP contribution in [0.1, 0.15) is 12.7 Å². The normalized spacial score (nSPS) is 11.2. The second kappa shape index (κ2) is 7.49. The fourth-order valence-electron chi connectivity index (χ4n) is 2.56. The number of carbonyl (C=O) groups is 2. The molecule has 3 heterocycles. The number of carbonyl (C=O) groups excluding carboxylic acids is 2. The van der Waals surface area contributed by atoms with Crippen molar-refractivity contribution in [3.63, 3.8) is 0 Å². The van der Waals surface area contributed by atoms with Gasteiger partial charge in [0.15, 0.2) is 0 Å². The minimum absolute atomic E-state index is 0.122. The van der Waals surface area contributed by atoms with Crippen molar-refractivity contribution in [2.24, 2.45) is 0 Å². The first-order valence-electron chi connectivity index (χ1n) is 8.33. The van der Waals surface area contributed by atoms with Crippen LogP contribution < -0.4 is 10.6 Å². The first-order chi connectivity index (χ1) is 13.6. The minimum atomic E-state index is -0.351. The number of hydrogen-bond donors (Lipinski definition) is 2. The molecule has 9 heteroatoms. The molecule has 0 aliphatic carbocycles. The van der Waals surface area contributed by atoms with E-state index >= 15 is 0 Å². The van der Waals surface area contributed by atoms with E-state index in [9.17, 15) is 9.59 Å². The Balaban J connectivity index is 1.52. The van der Waals surface area contributed by atoms with Crippen molar-refractivity contribution in [3.05, 3.63) is 59.9 Å². The highest BCUT2D eigenvalue weighted by molar-refractivity contribution is 7.15. The fraction of sp³-hybridized carbons (Fsp3) is 0.0526. The summed E-state index contributed by atoms with van der Waals surface area (Å²) in [5, 5.41) is 11.7. The Bertz CT molecular complexity index is 1160. The molecule has 1 aromatic carbocycles. The van der Waals surface area contributed by atoms with Crippen molar-refractivity contribution in [1.29, 1.82) is 0 Å². The maximum Gasteiger partial charge on any atom is 0.250 e. The van der Waals surface area contributed by atoms with Crippen molar-refractivity contribution < 1.29 is 14.0 Å². The topological polar surface area (TPSA) is 102 Å². The third-order valence-electron chi connectivity index (χ3n) is 3.76. The Hall–Kier alpha value is -3.72. The zero-order chi connectivity index (χ0) is 19.5. The number of hydrogen-bond acceptors (Lipinski definition) is 6. The largest absolute Gasteiger partial charge is 0.465 e. The van der Waals surface area contributed by atoms with E-state index in [0.29, 0.717) is 10.7 Å². The van der Waals surface area contributed by atoms with Gasteiger partial charge in [0.2, 0.25) is 10.9 Å². The Labute approximate surface area is 163 Å². The van der Waals surface area contributed by atoms with Gasteiger partial charge in [-0.25, -0.2) is 4.52 Å². The lowest BCUT2D eigenvalue weighted by Gasteiger charge is -2.03. The SMILES string of the molecule is CC(=O)Nc1ccc(-c2csc3nc(NC(=O)/C=C/c4ccco4)nn23)cc1. The molecule has 8 nitrogen and oxygen atoms in total. The van der Waals surface area contributed by atoms with Gasteiger partial charge >= 0.3 is 0 Å². The van der Waals surface area contributed by atoms with Crippen molar-refractivity contribution in [2.45, 2.75) is 6.92 Å². The molecule has 0 aliphatic rings. The molecule has 4 rings (SSSR count). The lowest BCUT2D eigenvalue weighted by Crippen LogP contribution is -2.09. The standard InChI is InChI=1S/C19H15N5O3S/c1-12(25)20-14-6-4-13(5-7-14)16-11-28-19-22-18(23-24(16)19)21-17(26)9-8-15-3-2-10-27-15/h2-11H,1H3,(H,20,25)(H,21,23,26)/b9-8+. The van der Waals surface area contributed by atoms with Gasteiger partial charge in [-0.1, -0.05) is 12.1 Å². The monoisotopic (exact) mass is 393 g/mol. The molecule has 0 spiro atoms. The number of aromatic nitrogens is 3. The minimum Gasteiger partial charge on any atom is -0.465 e. The Morgan fingerprint density at radius 1 is 1.18 bits per heavy atom. The average molecular weight is 393 g/mol. The van der Waals surface area contributed by atoms with Crippen molar-refractivity contribution in [3.8, 4) is 11.3 Å². The molecule has 0 atom stereocenters. The summed E-state index contributed by atoms with van der Waals surface area (Å²) in [5.41, 5.74) is 2.48. The summed E-state index contributed by atoms with van der Waals surface area (Å²) in [5.74, 6) is 0.329. The van der Waals surface area contributed by atoms with Crippen LogP contribution in [0.25, 0.3) is 22.3 Å². The van der Waals surface area contributed by atoms with Crippen LogP contribution in [0.3, 0.4) is 0 Å². The van der Waals surface area contributed by atoms with Crippen LogP contribution in [0, 0.1) is 0 Å². The van der Waals surface area contributed by atoms with Gasteiger partial charge in [0.1, 0.15) is 5.76 Å². The smallest absolute Gasteiger partial charge is 0.250 e. The predicted molar refractivity (Wildman–Crippen MR) is 107 cm³/mol. The van der Waals surface area contributed by atoms with Gasteiger partial charge in [0.05, 0.1) is 12.0 Å². The average Bonchev–Trinajstić information content (AvgIpc) is 3.37. The molecule has 0 fully saturated rings. The van der Waals surface area contributed by atoms with Gasteiger partial charge in [-0.2, -0.15) is 4.98 Å². The van der Waals surface area contributed by atoms with Crippen LogP contribution in [-0.4, -0.2) is 26.4 Å². The number of furan rings is 1. The molecule has 0 radical (unpaired) electrons. The molecule has 4 aromatic rings. The van der Waals surface area contributed by atoms with Crippen LogP contribution in [0.5, 0.6) is 0 Å². The van der Waals surface area contributed by atoms with Gasteiger partial charge in [-0.3, -0.25) is 14.9 Å². The predicted octanol–water partition coefficient (Wildman–Crippen LogP) is 3.66. The summed E-state index contributed by atoms with van der Waals surface area (Å²) in [6.07, 6.45) is 4.46. The van der Waals surface area contributed by atoms with E-state index < -0.39 is 0 Å². The Morgan fingerprint density at radius 2 is 2.00 bits per heavy atom. The highest BCUT2D eigenvalue weighted by atomic mass is 32.1. The van der Waals surface area contributed by atoms with E-state index in [1.165, 1.54) is 30.6 Å². The van der Waals surface area contributed by atoms with Crippen molar-refractivity contribution >= 4 is 45.8 Å². The number of rotatable bonds is 5. The highest BCUT2D eigenvalue weighted by Crippen LogP contribution is 2.27. The van der Waals surface area contributed by atoms with Gasteiger partial charge in [-0.05, 0) is 30.3 Å². The summed E-state index contributed by atoms with van der Waals surface area (Å²) in [7, 11) is 0. The molecule has 0 unspecified atom stereocenters. The Morgan fingerprint density at radius 3 is 2.71 bits per heavy atom. The van der Waals surface area contributed by atoms with Gasteiger partial charge < -0.3 is 9.73 Å². The number of nitrogens with zero attached hydrogens (tertiary/aromatic N) is 3. The summed E-state index contributed by atoms with van der Waals surface area (Å²) in [6.45, 7) is 1.46. The number of benzene rings is 1. The number of amides is 2. The van der Waals surface area contributed by atoms with E-state index in [1.807, 2.05) is 29.6 Å². The molecule has 0 saturated carbocycles. The number of nitrogens with one attached hydrogen (secondary N) is 2. The summed E-state index contributed by atoms with van der Waals surface area (Å²) < 4.78 is 6.81. The van der Waals surface area contributed by atoms with E-state index in [1.54, 1.807) is 22.7 Å². The zero-order valence-corrected chi connectivity index (χ0v) is 15.6. The molecule has 2 amide bonds. The van der Waals surface area contributed by atoms with Gasteiger partial charge in [0, 0.05) is 29.6 Å². The van der Waals surface area contributed by atoms with Crippen molar-refractivity contribution in [2.75, 3.05) is 10.6 Å². The van der Waals surface area contributed by atoms with Crippen LogP contribution >= 0.6 is 11.3 Å². The first-order valence-corrected chi connectivity index (χ1v) is 9.21. The fourth-order valence-corrected chi connectivity index (χ4v) is 3.39. The van der Waals surface area contributed by atoms with E-state index in [0.717, 1.165) is 16.9 Å². The molecule has 3 aromatic heterocycles. The molecule has 140 valence electrons. The lowest BCUT2D eigenvalue weighted by molar-refractivity contribution is -0.114. The van der Waals surface area contributed by atoms with Crippen LogP contribution in [-0.2, 0) is 9.59 Å². The summed E-state index contributed by atoms with van der Waals surface area (Å²) >= 11 is 1.42. The molecule has 28 heavy (non-hydrogen) atoms. The molecular formula is C19H15N5O3S. The number of anilines is 2. The van der Waals surface area contributed by atoms with E-state index in [2.05, 4.69) is 20.7 Å². The number of thiazole rings is 1. The second-order valence-electron chi connectivity index (χ2n) is 5.85. The lowest BCUT2D eigenvalue weighted by atomic mass is 10.1. The maximum atomic E-state index is 12.0. The third-order valence-corrected chi connectivity index (χ3v) is 4.58.